The zero-order chi connectivity index (χ0) is 8.60. The third-order valence-corrected chi connectivity index (χ3v) is 3.94. The molecule has 0 unspecified atom stereocenters. The van der Waals surface area contributed by atoms with Crippen LogP contribution >= 0.6 is 11.8 Å². The third kappa shape index (κ3) is 1.06. The van der Waals surface area contributed by atoms with Crippen LogP contribution in [0.2, 0.25) is 0 Å². The van der Waals surface area contributed by atoms with E-state index < -0.39 is 0 Å². The first kappa shape index (κ1) is 8.13. The fraction of sp³-hybridized carbons (Fsp3) is 0.625. The van der Waals surface area contributed by atoms with Crippen LogP contribution in [0.5, 0.6) is 0 Å². The van der Waals surface area contributed by atoms with Gasteiger partial charge in [-0.15, -0.1) is 0 Å². The van der Waals surface area contributed by atoms with E-state index in [4.69, 9.17) is 5.73 Å². The van der Waals surface area contributed by atoms with E-state index in [1.54, 1.807) is 6.20 Å². The van der Waals surface area contributed by atoms with Crippen LogP contribution in [0.3, 0.4) is 0 Å². The van der Waals surface area contributed by atoms with Gasteiger partial charge in [0, 0.05) is 18.1 Å². The Kier molecular flexibility index (Phi) is 1.88. The second-order valence-corrected chi connectivity index (χ2v) is 4.42. The molecule has 66 valence electrons. The Hall–Kier alpha value is -0.480. The number of hydrogen-bond donors (Lipinski definition) is 2. The van der Waals surface area contributed by atoms with Crippen molar-refractivity contribution in [3.63, 3.8) is 0 Å². The quantitative estimate of drug-likeness (QED) is 0.681. The Morgan fingerprint density at radius 2 is 2.67 bits per heavy atom. The predicted molar refractivity (Wildman–Crippen MR) is 50.9 cm³/mol. The summed E-state index contributed by atoms with van der Waals surface area (Å²) in [5.41, 5.74) is 6.03. The molecule has 1 fully saturated rings. The van der Waals surface area contributed by atoms with Gasteiger partial charge in [0.15, 0.2) is 0 Å². The van der Waals surface area contributed by atoms with Crippen LogP contribution in [0.1, 0.15) is 12.7 Å². The third-order valence-electron chi connectivity index (χ3n) is 2.53. The number of imidazole rings is 1. The van der Waals surface area contributed by atoms with Gasteiger partial charge in [0.05, 0.1) is 5.54 Å². The molecule has 2 heterocycles. The smallest absolute Gasteiger partial charge is 0.127 e. The first-order valence-electron chi connectivity index (χ1n) is 4.10. The van der Waals surface area contributed by atoms with Gasteiger partial charge in [-0.3, -0.25) is 0 Å². The lowest BCUT2D eigenvalue weighted by atomic mass is 9.89. The van der Waals surface area contributed by atoms with Crippen molar-refractivity contribution in [1.29, 1.82) is 0 Å². The number of H-pyrrole nitrogens is 1. The topological polar surface area (TPSA) is 54.7 Å². The van der Waals surface area contributed by atoms with Crippen LogP contribution in [-0.4, -0.2) is 21.5 Å². The zero-order valence-corrected chi connectivity index (χ0v) is 7.90. The molecule has 0 spiro atoms. The number of aromatic amines is 1. The normalized spacial score (nSPS) is 35.7. The van der Waals surface area contributed by atoms with E-state index in [1.807, 2.05) is 18.0 Å². The fourth-order valence-corrected chi connectivity index (χ4v) is 3.04. The lowest BCUT2D eigenvalue weighted by Crippen LogP contribution is -2.43. The van der Waals surface area contributed by atoms with Crippen molar-refractivity contribution >= 4 is 11.8 Å². The summed E-state index contributed by atoms with van der Waals surface area (Å²) in [6.07, 6.45) is 3.60. The SMILES string of the molecule is C[C@@H]1CSC[C@]1(N)c1ncc[nH]1. The molecule has 1 aliphatic heterocycles. The first-order valence-corrected chi connectivity index (χ1v) is 5.25. The molecule has 0 aromatic carbocycles. The maximum absolute atomic E-state index is 6.25. The molecular weight excluding hydrogens is 170 g/mol. The van der Waals surface area contributed by atoms with Crippen LogP contribution in [0.4, 0.5) is 0 Å². The maximum atomic E-state index is 6.25. The summed E-state index contributed by atoms with van der Waals surface area (Å²) >= 11 is 1.90. The highest BCUT2D eigenvalue weighted by Gasteiger charge is 2.40. The molecule has 0 amide bonds. The van der Waals surface area contributed by atoms with Gasteiger partial charge in [-0.2, -0.15) is 11.8 Å². The van der Waals surface area contributed by atoms with Gasteiger partial charge in [0.2, 0.25) is 0 Å². The van der Waals surface area contributed by atoms with E-state index in [1.165, 1.54) is 0 Å². The molecular formula is C8H13N3S. The Labute approximate surface area is 76.1 Å². The average molecular weight is 183 g/mol. The van der Waals surface area contributed by atoms with Crippen molar-refractivity contribution in [1.82, 2.24) is 9.97 Å². The number of thioether (sulfide) groups is 1. The molecule has 3 nitrogen and oxygen atoms in total. The van der Waals surface area contributed by atoms with Crippen LogP contribution in [0.25, 0.3) is 0 Å². The maximum Gasteiger partial charge on any atom is 0.127 e. The molecule has 2 rings (SSSR count). The van der Waals surface area contributed by atoms with Gasteiger partial charge in [-0.1, -0.05) is 6.92 Å². The summed E-state index contributed by atoms with van der Waals surface area (Å²) in [6.45, 7) is 2.18. The van der Waals surface area contributed by atoms with Gasteiger partial charge in [0.25, 0.3) is 0 Å². The number of nitrogens with zero attached hydrogens (tertiary/aromatic N) is 1. The summed E-state index contributed by atoms with van der Waals surface area (Å²) < 4.78 is 0. The average Bonchev–Trinajstić information content (AvgIpc) is 2.62. The number of rotatable bonds is 1. The molecule has 1 aromatic rings. The van der Waals surface area contributed by atoms with Crippen molar-refractivity contribution < 1.29 is 0 Å². The second-order valence-electron chi connectivity index (χ2n) is 3.39. The van der Waals surface area contributed by atoms with Gasteiger partial charge in [0.1, 0.15) is 5.82 Å². The van der Waals surface area contributed by atoms with Crippen molar-refractivity contribution in [2.75, 3.05) is 11.5 Å². The molecule has 12 heavy (non-hydrogen) atoms. The van der Waals surface area contributed by atoms with E-state index in [9.17, 15) is 0 Å². The largest absolute Gasteiger partial charge is 0.347 e. The molecule has 0 aliphatic carbocycles. The number of hydrogen-bond acceptors (Lipinski definition) is 3. The van der Waals surface area contributed by atoms with Crippen LogP contribution in [0, 0.1) is 5.92 Å². The molecule has 1 aliphatic rings. The molecule has 0 bridgehead atoms. The fourth-order valence-electron chi connectivity index (χ4n) is 1.52. The molecule has 0 saturated carbocycles. The van der Waals surface area contributed by atoms with Crippen molar-refractivity contribution in [3.8, 4) is 0 Å². The molecule has 0 radical (unpaired) electrons. The summed E-state index contributed by atoms with van der Waals surface area (Å²) in [6, 6.07) is 0. The first-order chi connectivity index (χ1) is 5.73. The summed E-state index contributed by atoms with van der Waals surface area (Å²) in [5, 5.41) is 0. The van der Waals surface area contributed by atoms with E-state index in [0.717, 1.165) is 17.3 Å². The van der Waals surface area contributed by atoms with Crippen LogP contribution < -0.4 is 5.73 Å². The van der Waals surface area contributed by atoms with Gasteiger partial charge < -0.3 is 10.7 Å². The summed E-state index contributed by atoms with van der Waals surface area (Å²) in [5.74, 6) is 3.55. The highest BCUT2D eigenvalue weighted by Crippen LogP contribution is 2.37. The molecule has 2 atom stereocenters. The second kappa shape index (κ2) is 2.78. The Balaban J connectivity index is 2.32. The molecule has 4 heteroatoms. The minimum Gasteiger partial charge on any atom is -0.347 e. The molecule has 1 aromatic heterocycles. The summed E-state index contributed by atoms with van der Waals surface area (Å²) in [4.78, 5) is 7.33. The Bertz CT molecular complexity index is 259. The lowest BCUT2D eigenvalue weighted by Gasteiger charge is -2.25. The minimum atomic E-state index is -0.228. The Morgan fingerprint density at radius 1 is 1.83 bits per heavy atom. The highest BCUT2D eigenvalue weighted by atomic mass is 32.2. The van der Waals surface area contributed by atoms with Gasteiger partial charge in [-0.05, 0) is 11.7 Å². The number of nitrogens with two attached hydrogens (primary N) is 1. The summed E-state index contributed by atoms with van der Waals surface area (Å²) in [7, 11) is 0. The van der Waals surface area contributed by atoms with Crippen LogP contribution in [-0.2, 0) is 5.54 Å². The van der Waals surface area contributed by atoms with E-state index in [2.05, 4.69) is 16.9 Å². The standard InChI is InChI=1S/C8H13N3S/c1-6-4-12-5-8(6,9)7-10-2-3-11-7/h2-3,6H,4-5,9H2,1H3,(H,10,11)/t6-,8-/m1/s1. The number of nitrogens with one attached hydrogen (secondary N) is 1. The van der Waals surface area contributed by atoms with E-state index >= 15 is 0 Å². The van der Waals surface area contributed by atoms with Gasteiger partial charge >= 0.3 is 0 Å². The van der Waals surface area contributed by atoms with Crippen molar-refractivity contribution in [2.24, 2.45) is 11.7 Å². The van der Waals surface area contributed by atoms with Crippen molar-refractivity contribution in [2.45, 2.75) is 12.5 Å². The monoisotopic (exact) mass is 183 g/mol. The molecule has 3 N–H and O–H groups in total. The Morgan fingerprint density at radius 3 is 3.17 bits per heavy atom. The van der Waals surface area contributed by atoms with E-state index in [-0.39, 0.29) is 5.54 Å². The van der Waals surface area contributed by atoms with Crippen LogP contribution in [0.15, 0.2) is 12.4 Å². The highest BCUT2D eigenvalue weighted by molar-refractivity contribution is 7.99. The minimum absolute atomic E-state index is 0.228. The predicted octanol–water partition coefficient (Wildman–Crippen LogP) is 0.947. The van der Waals surface area contributed by atoms with E-state index in [0.29, 0.717) is 5.92 Å². The van der Waals surface area contributed by atoms with Crippen molar-refractivity contribution in [3.05, 3.63) is 18.2 Å². The number of aromatic nitrogens is 2. The van der Waals surface area contributed by atoms with Gasteiger partial charge in [-0.25, -0.2) is 4.98 Å². The molecule has 1 saturated heterocycles. The lowest BCUT2D eigenvalue weighted by molar-refractivity contribution is 0.363. The zero-order valence-electron chi connectivity index (χ0n) is 7.08.